The summed E-state index contributed by atoms with van der Waals surface area (Å²) in [5, 5.41) is 25.4. The number of carbonyl (C=O) groups is 2. The lowest BCUT2D eigenvalue weighted by atomic mass is 9.68. The Labute approximate surface area is 150 Å². The minimum atomic E-state index is -0.805. The van der Waals surface area contributed by atoms with E-state index in [4.69, 9.17) is 5.11 Å². The van der Waals surface area contributed by atoms with Crippen LogP contribution in [0.4, 0.5) is 4.79 Å². The van der Waals surface area contributed by atoms with Gasteiger partial charge in [0, 0.05) is 12.6 Å². The number of nitrogens with one attached hydrogen (secondary N) is 2. The van der Waals surface area contributed by atoms with Crippen molar-refractivity contribution in [3.8, 4) is 0 Å². The van der Waals surface area contributed by atoms with Crippen molar-refractivity contribution in [2.24, 2.45) is 17.3 Å². The van der Waals surface area contributed by atoms with Gasteiger partial charge in [-0.15, -0.1) is 0 Å². The first-order chi connectivity index (χ1) is 11.6. The molecule has 4 N–H and O–H groups in total. The number of hydrogen-bond donors (Lipinski definition) is 4. The molecular weight excluding hydrogens is 320 g/mol. The molecule has 0 unspecified atom stereocenters. The number of aliphatic hydroxyl groups is 1. The summed E-state index contributed by atoms with van der Waals surface area (Å²) in [6.45, 7) is 7.01. The number of hydrogen-bond acceptors (Lipinski definition) is 3. The number of urea groups is 1. The van der Waals surface area contributed by atoms with Gasteiger partial charge >= 0.3 is 12.0 Å². The van der Waals surface area contributed by atoms with E-state index < -0.39 is 11.6 Å². The SMILES string of the molecule is CC(C)(C)C1CCC(O)(CNC(=O)NC2CCC(C(=O)O)CC2)CC1. The van der Waals surface area contributed by atoms with E-state index in [1.807, 2.05) is 0 Å². The quantitative estimate of drug-likeness (QED) is 0.624. The molecule has 0 bridgehead atoms. The molecule has 0 spiro atoms. The molecule has 2 aliphatic rings. The number of carboxylic acid groups (broad SMARTS) is 1. The summed E-state index contributed by atoms with van der Waals surface area (Å²) in [6, 6.07) is -0.230. The minimum Gasteiger partial charge on any atom is -0.481 e. The van der Waals surface area contributed by atoms with Crippen LogP contribution in [0.15, 0.2) is 0 Å². The second-order valence-corrected chi connectivity index (χ2v) is 9.08. The van der Waals surface area contributed by atoms with Gasteiger partial charge in [0.2, 0.25) is 0 Å². The van der Waals surface area contributed by atoms with Crippen LogP contribution in [0, 0.1) is 17.3 Å². The highest BCUT2D eigenvalue weighted by Gasteiger charge is 2.37. The van der Waals surface area contributed by atoms with Crippen LogP contribution in [0.5, 0.6) is 0 Å². The predicted octanol–water partition coefficient (Wildman–Crippen LogP) is 2.90. The van der Waals surface area contributed by atoms with Gasteiger partial charge < -0.3 is 20.8 Å². The van der Waals surface area contributed by atoms with Crippen LogP contribution in [-0.2, 0) is 4.79 Å². The summed E-state index contributed by atoms with van der Waals surface area (Å²) >= 11 is 0. The molecule has 0 aliphatic heterocycles. The van der Waals surface area contributed by atoms with Crippen molar-refractivity contribution >= 4 is 12.0 Å². The Bertz CT molecular complexity index is 470. The first-order valence-corrected chi connectivity index (χ1v) is 9.59. The lowest BCUT2D eigenvalue weighted by Crippen LogP contribution is -2.51. The number of amides is 2. The van der Waals surface area contributed by atoms with E-state index >= 15 is 0 Å². The Morgan fingerprint density at radius 3 is 2.08 bits per heavy atom. The average Bonchev–Trinajstić information content (AvgIpc) is 2.53. The zero-order chi connectivity index (χ0) is 18.7. The molecule has 6 heteroatoms. The molecule has 2 saturated carbocycles. The molecule has 0 radical (unpaired) electrons. The monoisotopic (exact) mass is 354 g/mol. The Kier molecular flexibility index (Phi) is 6.35. The van der Waals surface area contributed by atoms with Crippen molar-refractivity contribution in [2.45, 2.75) is 83.8 Å². The number of rotatable bonds is 4. The Morgan fingerprint density at radius 1 is 1.04 bits per heavy atom. The molecule has 0 saturated heterocycles. The lowest BCUT2D eigenvalue weighted by Gasteiger charge is -2.41. The maximum atomic E-state index is 12.1. The van der Waals surface area contributed by atoms with Gasteiger partial charge in [-0.2, -0.15) is 0 Å². The maximum Gasteiger partial charge on any atom is 0.315 e. The number of aliphatic carboxylic acids is 1. The maximum absolute atomic E-state index is 12.1. The molecule has 6 nitrogen and oxygen atoms in total. The first-order valence-electron chi connectivity index (χ1n) is 9.59. The highest BCUT2D eigenvalue weighted by Crippen LogP contribution is 2.41. The number of carboxylic acids is 1. The van der Waals surface area contributed by atoms with Crippen molar-refractivity contribution in [2.75, 3.05) is 6.54 Å². The third-order valence-electron chi connectivity index (χ3n) is 6.13. The lowest BCUT2D eigenvalue weighted by molar-refractivity contribution is -0.142. The van der Waals surface area contributed by atoms with E-state index in [0.29, 0.717) is 31.6 Å². The van der Waals surface area contributed by atoms with Crippen LogP contribution in [0.2, 0.25) is 0 Å². The zero-order valence-electron chi connectivity index (χ0n) is 15.8. The van der Waals surface area contributed by atoms with Crippen molar-refractivity contribution < 1.29 is 19.8 Å². The molecule has 0 atom stereocenters. The Hall–Kier alpha value is -1.30. The van der Waals surface area contributed by atoms with Crippen molar-refractivity contribution in [3.63, 3.8) is 0 Å². The van der Waals surface area contributed by atoms with Crippen LogP contribution in [0.25, 0.3) is 0 Å². The van der Waals surface area contributed by atoms with Gasteiger partial charge in [0.05, 0.1) is 11.5 Å². The standard InChI is InChI=1S/C19H34N2O4/c1-18(2,3)14-8-10-19(25,11-9-14)12-20-17(24)21-15-6-4-13(5-7-15)16(22)23/h13-15,25H,4-12H2,1-3H3,(H,22,23)(H2,20,21,24). The summed E-state index contributed by atoms with van der Waals surface area (Å²) in [5.41, 5.74) is -0.541. The molecule has 0 aromatic carbocycles. The third-order valence-corrected chi connectivity index (χ3v) is 6.13. The summed E-state index contributed by atoms with van der Waals surface area (Å²) in [7, 11) is 0. The van der Waals surface area contributed by atoms with E-state index in [1.165, 1.54) is 0 Å². The van der Waals surface area contributed by atoms with E-state index in [1.54, 1.807) is 0 Å². The van der Waals surface area contributed by atoms with Gasteiger partial charge in [0.25, 0.3) is 0 Å². The van der Waals surface area contributed by atoms with Crippen LogP contribution in [0.3, 0.4) is 0 Å². The molecule has 2 rings (SSSR count). The van der Waals surface area contributed by atoms with E-state index in [0.717, 1.165) is 25.7 Å². The first kappa shape index (κ1) is 20.0. The molecule has 0 aromatic heterocycles. The third kappa shape index (κ3) is 5.87. The molecule has 2 fully saturated rings. The van der Waals surface area contributed by atoms with Crippen LogP contribution >= 0.6 is 0 Å². The zero-order valence-corrected chi connectivity index (χ0v) is 15.8. The fourth-order valence-electron chi connectivity index (χ4n) is 4.16. The van der Waals surface area contributed by atoms with E-state index in [2.05, 4.69) is 31.4 Å². The van der Waals surface area contributed by atoms with Crippen LogP contribution in [0.1, 0.15) is 72.1 Å². The summed E-state index contributed by atoms with van der Waals surface area (Å²) in [6.07, 6.45) is 6.03. The predicted molar refractivity (Wildman–Crippen MR) is 96.3 cm³/mol. The number of carbonyl (C=O) groups excluding carboxylic acids is 1. The van der Waals surface area contributed by atoms with Crippen LogP contribution < -0.4 is 10.6 Å². The largest absolute Gasteiger partial charge is 0.481 e. The molecule has 2 aliphatic carbocycles. The second kappa shape index (κ2) is 7.94. The summed E-state index contributed by atoms with van der Waals surface area (Å²) < 4.78 is 0. The Balaban J connectivity index is 1.69. The fourth-order valence-corrected chi connectivity index (χ4v) is 4.16. The Morgan fingerprint density at radius 2 is 1.60 bits per heavy atom. The van der Waals surface area contributed by atoms with Gasteiger partial charge in [-0.3, -0.25) is 4.79 Å². The molecule has 0 aromatic rings. The molecule has 144 valence electrons. The topological polar surface area (TPSA) is 98.7 Å². The minimum absolute atomic E-state index is 0.0295. The van der Waals surface area contributed by atoms with Gasteiger partial charge in [-0.25, -0.2) is 4.79 Å². The van der Waals surface area contributed by atoms with Gasteiger partial charge in [0.15, 0.2) is 0 Å². The fraction of sp³-hybridized carbons (Fsp3) is 0.895. The normalized spacial score (nSPS) is 33.5. The average molecular weight is 354 g/mol. The van der Waals surface area contributed by atoms with Crippen molar-refractivity contribution in [1.29, 1.82) is 0 Å². The van der Waals surface area contributed by atoms with Gasteiger partial charge in [-0.1, -0.05) is 20.8 Å². The summed E-state index contributed by atoms with van der Waals surface area (Å²) in [4.78, 5) is 23.0. The van der Waals surface area contributed by atoms with Crippen molar-refractivity contribution in [3.05, 3.63) is 0 Å². The second-order valence-electron chi connectivity index (χ2n) is 9.08. The smallest absolute Gasteiger partial charge is 0.315 e. The molecular formula is C19H34N2O4. The van der Waals surface area contributed by atoms with E-state index in [-0.39, 0.29) is 30.0 Å². The highest BCUT2D eigenvalue weighted by atomic mass is 16.4. The molecule has 25 heavy (non-hydrogen) atoms. The molecule has 2 amide bonds. The molecule has 0 heterocycles. The van der Waals surface area contributed by atoms with Crippen molar-refractivity contribution in [1.82, 2.24) is 10.6 Å². The van der Waals surface area contributed by atoms with Crippen LogP contribution in [-0.4, -0.2) is 40.4 Å². The highest BCUT2D eigenvalue weighted by molar-refractivity contribution is 5.74. The van der Waals surface area contributed by atoms with Gasteiger partial charge in [0.1, 0.15) is 0 Å². The van der Waals surface area contributed by atoms with Gasteiger partial charge in [-0.05, 0) is 62.7 Å². The van der Waals surface area contributed by atoms with E-state index in [9.17, 15) is 14.7 Å². The summed E-state index contributed by atoms with van der Waals surface area (Å²) in [5.74, 6) is -0.401.